The number of fused-ring (bicyclic) bond motifs is 1. The molecule has 3 nitrogen and oxygen atoms in total. The number of phenolic OH excluding ortho intramolecular Hbond substituents is 1. The van der Waals surface area contributed by atoms with E-state index in [1.807, 2.05) is 30.5 Å². The van der Waals surface area contributed by atoms with Crippen molar-refractivity contribution in [1.82, 2.24) is 9.97 Å². The summed E-state index contributed by atoms with van der Waals surface area (Å²) in [5.74, 6) is 0.235. The van der Waals surface area contributed by atoms with Crippen LogP contribution in [0.3, 0.4) is 0 Å². The van der Waals surface area contributed by atoms with Crippen LogP contribution in [0, 0.1) is 0 Å². The van der Waals surface area contributed by atoms with E-state index in [9.17, 15) is 5.11 Å². The topological polar surface area (TPSA) is 46.0 Å². The maximum Gasteiger partial charge on any atom is 0.128 e. The van der Waals surface area contributed by atoms with Gasteiger partial charge >= 0.3 is 0 Å². The van der Waals surface area contributed by atoms with Crippen molar-refractivity contribution in [3.63, 3.8) is 0 Å². The number of rotatable bonds is 4. The van der Waals surface area contributed by atoms with Crippen LogP contribution in [0.1, 0.15) is 79.0 Å². The van der Waals surface area contributed by atoms with Gasteiger partial charge in [-0.05, 0) is 92.1 Å². The van der Waals surface area contributed by atoms with Crippen molar-refractivity contribution < 1.29 is 5.11 Å². The lowest BCUT2D eigenvalue weighted by Crippen LogP contribution is -2.14. The first-order valence-corrected chi connectivity index (χ1v) is 16.9. The molecule has 0 aliphatic rings. The lowest BCUT2D eigenvalue weighted by Gasteiger charge is -2.26. The van der Waals surface area contributed by atoms with Crippen LogP contribution in [-0.4, -0.2) is 15.1 Å². The quantitative estimate of drug-likeness (QED) is 0.212. The van der Waals surface area contributed by atoms with E-state index in [2.05, 4.69) is 123 Å². The average Bonchev–Trinajstić information content (AvgIpc) is 3.44. The van der Waals surface area contributed by atoms with Crippen molar-refractivity contribution in [1.29, 1.82) is 0 Å². The molecule has 0 fully saturated rings. The minimum absolute atomic E-state index is 0.0272. The van der Waals surface area contributed by atoms with Crippen molar-refractivity contribution in [2.45, 2.75) is 78.6 Å². The van der Waals surface area contributed by atoms with Crippen molar-refractivity contribution in [2.24, 2.45) is 0 Å². The molecule has 2 aromatic heterocycles. The molecule has 0 saturated carbocycles. The molecule has 0 spiro atoms. The Labute approximate surface area is 278 Å². The van der Waals surface area contributed by atoms with E-state index in [-0.39, 0.29) is 22.0 Å². The number of benzene rings is 4. The molecule has 0 aliphatic heterocycles. The van der Waals surface area contributed by atoms with Crippen molar-refractivity contribution in [3.8, 4) is 49.8 Å². The number of nitrogens with zero attached hydrogens (tertiary/aromatic N) is 2. The highest BCUT2D eigenvalue weighted by atomic mass is 32.1. The molecule has 0 atom stereocenters. The first-order chi connectivity index (χ1) is 21.6. The molecule has 2 heterocycles. The number of aromatic hydroxyl groups is 1. The number of phenols is 1. The summed E-state index contributed by atoms with van der Waals surface area (Å²) >= 11 is 1.64. The molecule has 4 heteroatoms. The van der Waals surface area contributed by atoms with Crippen LogP contribution in [0.5, 0.6) is 5.75 Å². The number of thiazole rings is 1. The third kappa shape index (κ3) is 6.24. The normalized spacial score (nSPS) is 12.5. The summed E-state index contributed by atoms with van der Waals surface area (Å²) in [6.45, 7) is 20.3. The highest BCUT2D eigenvalue weighted by molar-refractivity contribution is 7.21. The highest BCUT2D eigenvalue weighted by Gasteiger charge is 2.26. The van der Waals surface area contributed by atoms with Crippen LogP contribution < -0.4 is 0 Å². The molecule has 0 radical (unpaired) electrons. The van der Waals surface area contributed by atoms with E-state index in [1.165, 1.54) is 22.3 Å². The van der Waals surface area contributed by atoms with Gasteiger partial charge in [-0.1, -0.05) is 111 Å². The molecule has 46 heavy (non-hydrogen) atoms. The van der Waals surface area contributed by atoms with Crippen molar-refractivity contribution in [2.75, 3.05) is 0 Å². The van der Waals surface area contributed by atoms with Gasteiger partial charge in [0.2, 0.25) is 0 Å². The van der Waals surface area contributed by atoms with Gasteiger partial charge in [-0.15, -0.1) is 11.3 Å². The zero-order chi connectivity index (χ0) is 33.0. The third-order valence-corrected chi connectivity index (χ3v) is 9.77. The first-order valence-electron chi connectivity index (χ1n) is 16.1. The largest absolute Gasteiger partial charge is 0.507 e. The first kappa shape index (κ1) is 31.7. The van der Waals surface area contributed by atoms with Crippen LogP contribution in [0.4, 0.5) is 0 Å². The fraction of sp³-hybridized carbons (Fsp3) is 0.286. The number of hydrogen-bond donors (Lipinski definition) is 1. The molecule has 0 aliphatic carbocycles. The van der Waals surface area contributed by atoms with E-state index in [4.69, 9.17) is 9.97 Å². The van der Waals surface area contributed by atoms with Gasteiger partial charge in [0.1, 0.15) is 10.8 Å². The molecule has 0 amide bonds. The molecule has 4 aromatic carbocycles. The Kier molecular flexibility index (Phi) is 7.93. The smallest absolute Gasteiger partial charge is 0.128 e. The Morgan fingerprint density at radius 1 is 0.565 bits per heavy atom. The lowest BCUT2D eigenvalue weighted by molar-refractivity contribution is 0.477. The van der Waals surface area contributed by atoms with E-state index >= 15 is 0 Å². The van der Waals surface area contributed by atoms with Gasteiger partial charge in [-0.3, -0.25) is 4.98 Å². The zero-order valence-corrected chi connectivity index (χ0v) is 29.3. The maximum atomic E-state index is 11.1. The summed E-state index contributed by atoms with van der Waals surface area (Å²) in [4.78, 5) is 10.1. The number of aromatic nitrogens is 2. The standard InChI is InChI=1S/C42H44N2OS/c1-40(2,3)29-19-20-43-35(24-29)28-15-17-34(42(7,8)9)31(22-28)32-23-30(41(4,5)6)25-37-38(32)44-39(46-37)33-21-27(16-18-36(33)45)26-13-11-10-12-14-26/h10-25,45H,1-9H3. The molecular formula is C42H44N2OS. The van der Waals surface area contributed by atoms with Gasteiger partial charge in [0.05, 0.1) is 21.5 Å². The van der Waals surface area contributed by atoms with E-state index < -0.39 is 0 Å². The van der Waals surface area contributed by atoms with Crippen molar-refractivity contribution in [3.05, 3.63) is 114 Å². The van der Waals surface area contributed by atoms with Crippen LogP contribution in [0.2, 0.25) is 0 Å². The number of pyridine rings is 1. The fourth-order valence-corrected chi connectivity index (χ4v) is 6.99. The Morgan fingerprint density at radius 2 is 1.24 bits per heavy atom. The van der Waals surface area contributed by atoms with Gasteiger partial charge in [-0.2, -0.15) is 0 Å². The Balaban J connectivity index is 1.60. The molecule has 0 saturated heterocycles. The zero-order valence-electron chi connectivity index (χ0n) is 28.5. The molecule has 0 unspecified atom stereocenters. The molecule has 6 aromatic rings. The van der Waals surface area contributed by atoms with E-state index in [0.717, 1.165) is 48.7 Å². The van der Waals surface area contributed by atoms with Crippen LogP contribution in [-0.2, 0) is 16.2 Å². The molecule has 0 bridgehead atoms. The van der Waals surface area contributed by atoms with Gasteiger partial charge in [0, 0.05) is 17.3 Å². The summed E-state index contributed by atoms with van der Waals surface area (Å²) < 4.78 is 1.11. The van der Waals surface area contributed by atoms with Crippen LogP contribution in [0.15, 0.2) is 97.2 Å². The van der Waals surface area contributed by atoms with Gasteiger partial charge < -0.3 is 5.11 Å². The summed E-state index contributed by atoms with van der Waals surface area (Å²) in [6.07, 6.45) is 1.93. The second-order valence-corrected chi connectivity index (χ2v) is 16.5. The van der Waals surface area contributed by atoms with Gasteiger partial charge in [0.25, 0.3) is 0 Å². The molecular weight excluding hydrogens is 581 g/mol. The summed E-state index contributed by atoms with van der Waals surface area (Å²) in [5.41, 5.74) is 11.9. The predicted octanol–water partition coefficient (Wildman–Crippen LogP) is 12.0. The predicted molar refractivity (Wildman–Crippen MR) is 197 cm³/mol. The van der Waals surface area contributed by atoms with Crippen LogP contribution in [0.25, 0.3) is 54.3 Å². The van der Waals surface area contributed by atoms with E-state index in [1.54, 1.807) is 17.4 Å². The third-order valence-electron chi connectivity index (χ3n) is 8.73. The van der Waals surface area contributed by atoms with Gasteiger partial charge in [-0.25, -0.2) is 4.98 Å². The minimum Gasteiger partial charge on any atom is -0.507 e. The summed E-state index contributed by atoms with van der Waals surface area (Å²) in [6, 6.07) is 31.8. The minimum atomic E-state index is -0.0975. The Bertz CT molecular complexity index is 2050. The SMILES string of the molecule is CC(C)(C)c1ccnc(-c2ccc(C(C)(C)C)c(-c3cc(C(C)(C)C)cc4sc(-c5cc(-c6ccccc6)ccc5O)nc34)c2)c1. The monoisotopic (exact) mass is 624 g/mol. The van der Waals surface area contributed by atoms with Crippen molar-refractivity contribution >= 4 is 21.6 Å². The average molecular weight is 625 g/mol. The van der Waals surface area contributed by atoms with Gasteiger partial charge in [0.15, 0.2) is 0 Å². The molecule has 234 valence electrons. The summed E-state index contributed by atoms with van der Waals surface area (Å²) in [7, 11) is 0. The Hall–Kier alpha value is -4.28. The molecule has 6 rings (SSSR count). The second kappa shape index (κ2) is 11.5. The molecule has 1 N–H and O–H groups in total. The van der Waals surface area contributed by atoms with E-state index in [0.29, 0.717) is 0 Å². The maximum absolute atomic E-state index is 11.1. The summed E-state index contributed by atoms with van der Waals surface area (Å²) in [5, 5.41) is 11.9. The second-order valence-electron chi connectivity index (χ2n) is 15.4. The fourth-order valence-electron chi connectivity index (χ4n) is 5.94. The highest BCUT2D eigenvalue weighted by Crippen LogP contribution is 2.45. The van der Waals surface area contributed by atoms with Crippen LogP contribution >= 0.6 is 11.3 Å². The lowest BCUT2D eigenvalue weighted by atomic mass is 9.79. The Morgan fingerprint density at radius 3 is 1.91 bits per heavy atom. The number of hydrogen-bond acceptors (Lipinski definition) is 4.